The molecule has 0 saturated carbocycles. The molecule has 2 radical (unpaired) electrons. The Balaban J connectivity index is 2.83. The van der Waals surface area contributed by atoms with Crippen molar-refractivity contribution in [1.82, 2.24) is 0 Å². The van der Waals surface area contributed by atoms with Gasteiger partial charge >= 0.3 is 0 Å². The molecule has 1 aromatic rings. The van der Waals surface area contributed by atoms with E-state index in [1.54, 1.807) is 0 Å². The van der Waals surface area contributed by atoms with Crippen molar-refractivity contribution in [2.45, 2.75) is 19.9 Å². The zero-order valence-corrected chi connectivity index (χ0v) is 9.73. The molecule has 0 bridgehead atoms. The van der Waals surface area contributed by atoms with Crippen LogP contribution in [-0.4, -0.2) is 8.83 Å². The first kappa shape index (κ1) is 10.5. The van der Waals surface area contributed by atoms with Gasteiger partial charge in [-0.2, -0.15) is 11.1 Å². The lowest BCUT2D eigenvalue weighted by atomic mass is 10.0. The summed E-state index contributed by atoms with van der Waals surface area (Å²) in [5.41, 5.74) is 4.00. The molecule has 0 spiro atoms. The number of hydrogen-bond acceptors (Lipinski definition) is 0. The van der Waals surface area contributed by atoms with Gasteiger partial charge in [0.15, 0.2) is 8.83 Å². The molecular formula is C11H13ClSi. The first-order chi connectivity index (χ1) is 6.25. The van der Waals surface area contributed by atoms with Crippen molar-refractivity contribution in [3.05, 3.63) is 41.0 Å². The van der Waals surface area contributed by atoms with Crippen molar-refractivity contribution < 1.29 is 0 Å². The zero-order chi connectivity index (χ0) is 9.68. The van der Waals surface area contributed by atoms with Crippen molar-refractivity contribution in [3.8, 4) is 0 Å². The zero-order valence-electron chi connectivity index (χ0n) is 7.97. The Morgan fingerprint density at radius 1 is 1.38 bits per heavy atom. The van der Waals surface area contributed by atoms with Crippen molar-refractivity contribution in [2.24, 2.45) is 0 Å². The van der Waals surface area contributed by atoms with E-state index < -0.39 is 0 Å². The van der Waals surface area contributed by atoms with Gasteiger partial charge in [-0.1, -0.05) is 30.4 Å². The third-order valence-electron chi connectivity index (χ3n) is 2.14. The third kappa shape index (κ3) is 3.01. The van der Waals surface area contributed by atoms with Gasteiger partial charge in [-0.15, -0.1) is 0 Å². The number of allylic oxidation sites excluding steroid dienone is 1. The van der Waals surface area contributed by atoms with E-state index in [0.29, 0.717) is 8.83 Å². The maximum absolute atomic E-state index is 5.62. The lowest BCUT2D eigenvalue weighted by Gasteiger charge is -2.03. The van der Waals surface area contributed by atoms with E-state index in [9.17, 15) is 0 Å². The Morgan fingerprint density at radius 3 is 2.85 bits per heavy atom. The molecule has 68 valence electrons. The molecule has 1 aromatic carbocycles. The van der Waals surface area contributed by atoms with Gasteiger partial charge in [0.1, 0.15) is 0 Å². The van der Waals surface area contributed by atoms with Crippen LogP contribution in [0.1, 0.15) is 16.7 Å². The van der Waals surface area contributed by atoms with Crippen LogP contribution in [0.15, 0.2) is 24.3 Å². The summed E-state index contributed by atoms with van der Waals surface area (Å²) in [5, 5.41) is 0. The van der Waals surface area contributed by atoms with Crippen LogP contribution in [0.4, 0.5) is 0 Å². The van der Waals surface area contributed by atoms with Crippen LogP contribution in [0.3, 0.4) is 0 Å². The summed E-state index contributed by atoms with van der Waals surface area (Å²) in [4.78, 5) is 0. The summed E-state index contributed by atoms with van der Waals surface area (Å²) in [6, 6.07) is 7.33. The van der Waals surface area contributed by atoms with Gasteiger partial charge in [-0.3, -0.25) is 0 Å². The van der Waals surface area contributed by atoms with Crippen molar-refractivity contribution in [2.75, 3.05) is 0 Å². The molecule has 0 heterocycles. The summed E-state index contributed by atoms with van der Waals surface area (Å²) in [5.74, 6) is 0. The monoisotopic (exact) mass is 208 g/mol. The lowest BCUT2D eigenvalue weighted by Crippen LogP contribution is -1.84. The van der Waals surface area contributed by atoms with Crippen LogP contribution in [0.25, 0.3) is 6.08 Å². The second-order valence-corrected chi connectivity index (χ2v) is 4.51. The molecule has 13 heavy (non-hydrogen) atoms. The minimum Gasteiger partial charge on any atom is -0.171 e. The highest BCUT2D eigenvalue weighted by Crippen LogP contribution is 2.14. The van der Waals surface area contributed by atoms with Gasteiger partial charge in [0, 0.05) is 0 Å². The smallest absolute Gasteiger partial charge is 0.171 e. The molecule has 0 N–H and O–H groups in total. The SMILES string of the molecule is Cc1cccc(C=CC[Si]Cl)c1C. The van der Waals surface area contributed by atoms with Crippen molar-refractivity contribution in [1.29, 1.82) is 0 Å². The average Bonchev–Trinajstić information content (AvgIpc) is 2.13. The maximum Gasteiger partial charge on any atom is 0.175 e. The molecule has 0 aliphatic heterocycles. The van der Waals surface area contributed by atoms with E-state index in [2.05, 4.69) is 44.2 Å². The van der Waals surface area contributed by atoms with Crippen LogP contribution < -0.4 is 0 Å². The molecule has 0 nitrogen and oxygen atoms in total. The summed E-state index contributed by atoms with van der Waals surface area (Å²) in [6.07, 6.45) is 4.28. The number of rotatable bonds is 3. The van der Waals surface area contributed by atoms with Crippen LogP contribution >= 0.6 is 11.1 Å². The van der Waals surface area contributed by atoms with Gasteiger partial charge < -0.3 is 0 Å². The minimum atomic E-state index is 0.489. The van der Waals surface area contributed by atoms with Gasteiger partial charge in [0.25, 0.3) is 0 Å². The number of halogens is 1. The van der Waals surface area contributed by atoms with Gasteiger partial charge in [0.05, 0.1) is 0 Å². The minimum absolute atomic E-state index is 0.489. The summed E-state index contributed by atoms with van der Waals surface area (Å²) in [6.45, 7) is 4.29. The van der Waals surface area contributed by atoms with Gasteiger partial charge in [-0.05, 0) is 36.6 Å². The summed E-state index contributed by atoms with van der Waals surface area (Å²) < 4.78 is 0. The van der Waals surface area contributed by atoms with E-state index in [0.717, 1.165) is 6.04 Å². The molecule has 0 atom stereocenters. The van der Waals surface area contributed by atoms with Crippen LogP contribution in [0.2, 0.25) is 6.04 Å². The molecular weight excluding hydrogens is 196 g/mol. The van der Waals surface area contributed by atoms with Gasteiger partial charge in [0.2, 0.25) is 0 Å². The predicted octanol–water partition coefficient (Wildman–Crippen LogP) is 3.59. The number of hydrogen-bond donors (Lipinski definition) is 0. The van der Waals surface area contributed by atoms with Crippen LogP contribution in [-0.2, 0) is 0 Å². The van der Waals surface area contributed by atoms with E-state index in [1.807, 2.05) is 0 Å². The third-order valence-corrected chi connectivity index (χ3v) is 2.99. The number of aryl methyl sites for hydroxylation is 1. The van der Waals surface area contributed by atoms with Gasteiger partial charge in [-0.25, -0.2) is 0 Å². The molecule has 0 unspecified atom stereocenters. The molecule has 2 heteroatoms. The second-order valence-electron chi connectivity index (χ2n) is 3.03. The molecule has 0 aliphatic rings. The van der Waals surface area contributed by atoms with E-state index in [-0.39, 0.29) is 0 Å². The fraction of sp³-hybridized carbons (Fsp3) is 0.273. The van der Waals surface area contributed by atoms with Crippen LogP contribution in [0.5, 0.6) is 0 Å². The largest absolute Gasteiger partial charge is 0.175 e. The summed E-state index contributed by atoms with van der Waals surface area (Å²) in [7, 11) is 0.489. The van der Waals surface area contributed by atoms with E-state index in [4.69, 9.17) is 11.1 Å². The first-order valence-electron chi connectivity index (χ1n) is 4.32. The van der Waals surface area contributed by atoms with Crippen molar-refractivity contribution >= 4 is 26.0 Å². The fourth-order valence-electron chi connectivity index (χ4n) is 1.18. The Morgan fingerprint density at radius 2 is 2.15 bits per heavy atom. The Bertz CT molecular complexity index is 305. The highest BCUT2D eigenvalue weighted by atomic mass is 35.6. The predicted molar refractivity (Wildman–Crippen MR) is 61.4 cm³/mol. The molecule has 0 saturated heterocycles. The quantitative estimate of drug-likeness (QED) is 0.526. The van der Waals surface area contributed by atoms with Crippen molar-refractivity contribution in [3.63, 3.8) is 0 Å². The Kier molecular flexibility index (Phi) is 4.26. The van der Waals surface area contributed by atoms with E-state index in [1.165, 1.54) is 16.7 Å². The normalized spacial score (nSPS) is 11.0. The second kappa shape index (κ2) is 5.25. The fourth-order valence-corrected chi connectivity index (χ4v) is 1.66. The Hall–Kier alpha value is -0.533. The molecule has 0 aliphatic carbocycles. The van der Waals surface area contributed by atoms with E-state index >= 15 is 0 Å². The highest BCUT2D eigenvalue weighted by molar-refractivity contribution is 6.93. The highest BCUT2D eigenvalue weighted by Gasteiger charge is 1.95. The first-order valence-corrected chi connectivity index (χ1v) is 6.54. The molecule has 0 amide bonds. The molecule has 1 rings (SSSR count). The standard InChI is InChI=1S/C11H13ClSi/c1-9-5-3-6-11(10(9)2)7-4-8-13-12/h3-7H,8H2,1-2H3. The molecule has 0 aromatic heterocycles. The summed E-state index contributed by atoms with van der Waals surface area (Å²) >= 11 is 5.62. The Labute approximate surface area is 87.1 Å². The van der Waals surface area contributed by atoms with Crippen LogP contribution in [0, 0.1) is 13.8 Å². The number of benzene rings is 1. The molecule has 0 fully saturated rings. The lowest BCUT2D eigenvalue weighted by molar-refractivity contribution is 1.32. The average molecular weight is 209 g/mol. The maximum atomic E-state index is 5.62. The topological polar surface area (TPSA) is 0 Å².